The van der Waals surface area contributed by atoms with E-state index in [1.165, 1.54) is 18.2 Å². The first-order chi connectivity index (χ1) is 15.1. The second kappa shape index (κ2) is 9.49. The Kier molecular flexibility index (Phi) is 6.34. The van der Waals surface area contributed by atoms with E-state index in [0.29, 0.717) is 10.1 Å². The van der Waals surface area contributed by atoms with Crippen molar-refractivity contribution >= 4 is 45.7 Å². The molecule has 0 bridgehead atoms. The zero-order valence-electron chi connectivity index (χ0n) is 15.7. The third-order valence-electron chi connectivity index (χ3n) is 3.90. The second-order valence-corrected chi connectivity index (χ2v) is 8.29. The largest absolute Gasteiger partial charge is 0.355 e. The number of carbonyl (C=O) groups is 2. The lowest BCUT2D eigenvalue weighted by Crippen LogP contribution is -2.14. The number of carbonyl (C=O) groups excluding carboxylic acids is 2. The zero-order valence-corrected chi connectivity index (χ0v) is 17.4. The van der Waals surface area contributed by atoms with Crippen LogP contribution in [0.15, 0.2) is 69.5 Å². The van der Waals surface area contributed by atoms with Crippen LogP contribution >= 0.6 is 23.1 Å². The lowest BCUT2D eigenvalue weighted by atomic mass is 10.1. The predicted molar refractivity (Wildman–Crippen MR) is 116 cm³/mol. The van der Waals surface area contributed by atoms with Crippen molar-refractivity contribution in [2.75, 3.05) is 16.4 Å². The van der Waals surface area contributed by atoms with Crippen LogP contribution in [-0.2, 0) is 4.79 Å². The molecule has 4 aromatic rings. The Morgan fingerprint density at radius 2 is 1.81 bits per heavy atom. The Labute approximate surface area is 183 Å². The molecule has 0 aliphatic heterocycles. The number of nitrogens with one attached hydrogen (secondary N) is 2. The second-order valence-electron chi connectivity index (χ2n) is 6.09. The number of hydrogen-bond acceptors (Lipinski definition) is 8. The van der Waals surface area contributed by atoms with Crippen molar-refractivity contribution in [3.8, 4) is 11.3 Å². The van der Waals surface area contributed by atoms with Crippen LogP contribution < -0.4 is 10.6 Å². The Morgan fingerprint density at radius 1 is 1.03 bits per heavy atom. The standard InChI is InChI=1S/C20H14FN5O3S2/c21-13-8-4-5-9-14(13)22-17(27)11-30-20-25-24-19(31-20)23-18(28)15-10-16(29-26-15)12-6-2-1-3-7-12/h1-10H,11H2,(H,22,27)(H,23,24,28). The number of aromatic nitrogens is 3. The van der Waals surface area contributed by atoms with Gasteiger partial charge in [0.25, 0.3) is 5.91 Å². The summed E-state index contributed by atoms with van der Waals surface area (Å²) in [7, 11) is 0. The predicted octanol–water partition coefficient (Wildman–Crippen LogP) is 4.32. The summed E-state index contributed by atoms with van der Waals surface area (Å²) in [5.41, 5.74) is 1.02. The van der Waals surface area contributed by atoms with Crippen molar-refractivity contribution in [3.63, 3.8) is 0 Å². The minimum atomic E-state index is -0.509. The number of amides is 2. The van der Waals surface area contributed by atoms with Gasteiger partial charge in [-0.15, -0.1) is 10.2 Å². The molecule has 0 aliphatic rings. The minimum absolute atomic E-state index is 0.0145. The molecular formula is C20H14FN5O3S2. The van der Waals surface area contributed by atoms with Crippen LogP contribution in [0.5, 0.6) is 0 Å². The Balaban J connectivity index is 1.31. The first-order valence-corrected chi connectivity index (χ1v) is 10.7. The van der Waals surface area contributed by atoms with Crippen LogP contribution in [0, 0.1) is 5.82 Å². The zero-order chi connectivity index (χ0) is 21.6. The molecule has 0 saturated heterocycles. The molecule has 11 heteroatoms. The number of halogens is 1. The summed E-state index contributed by atoms with van der Waals surface area (Å²) in [6.07, 6.45) is 0. The molecule has 0 atom stereocenters. The Hall–Kier alpha value is -3.57. The molecular weight excluding hydrogens is 441 g/mol. The summed E-state index contributed by atoms with van der Waals surface area (Å²) in [5, 5.41) is 16.9. The number of hydrogen-bond donors (Lipinski definition) is 2. The van der Waals surface area contributed by atoms with Gasteiger partial charge in [-0.1, -0.05) is 70.7 Å². The normalized spacial score (nSPS) is 10.6. The number of para-hydroxylation sites is 1. The van der Waals surface area contributed by atoms with Crippen molar-refractivity contribution in [3.05, 3.63) is 72.2 Å². The quantitative estimate of drug-likeness (QED) is 0.315. The van der Waals surface area contributed by atoms with Gasteiger partial charge >= 0.3 is 0 Å². The molecule has 2 aromatic carbocycles. The first-order valence-electron chi connectivity index (χ1n) is 8.92. The lowest BCUT2D eigenvalue weighted by Gasteiger charge is -2.04. The van der Waals surface area contributed by atoms with Gasteiger partial charge in [-0.3, -0.25) is 14.9 Å². The van der Waals surface area contributed by atoms with Gasteiger partial charge in [0, 0.05) is 11.6 Å². The molecule has 31 heavy (non-hydrogen) atoms. The van der Waals surface area contributed by atoms with E-state index in [-0.39, 0.29) is 28.2 Å². The van der Waals surface area contributed by atoms with E-state index in [1.54, 1.807) is 12.1 Å². The van der Waals surface area contributed by atoms with Gasteiger partial charge in [0.2, 0.25) is 11.0 Å². The van der Waals surface area contributed by atoms with Gasteiger partial charge in [0.1, 0.15) is 5.82 Å². The molecule has 156 valence electrons. The topological polar surface area (TPSA) is 110 Å². The van der Waals surface area contributed by atoms with E-state index in [9.17, 15) is 14.0 Å². The monoisotopic (exact) mass is 455 g/mol. The number of nitrogens with zero attached hydrogens (tertiary/aromatic N) is 3. The fourth-order valence-electron chi connectivity index (χ4n) is 2.48. The molecule has 0 fully saturated rings. The number of benzene rings is 2. The summed E-state index contributed by atoms with van der Waals surface area (Å²) >= 11 is 2.23. The molecule has 0 radical (unpaired) electrons. The molecule has 0 unspecified atom stereocenters. The van der Waals surface area contributed by atoms with Crippen LogP contribution in [0.3, 0.4) is 0 Å². The van der Waals surface area contributed by atoms with Gasteiger partial charge < -0.3 is 9.84 Å². The van der Waals surface area contributed by atoms with Gasteiger partial charge in [-0.2, -0.15) is 0 Å². The van der Waals surface area contributed by atoms with Crippen molar-refractivity contribution in [2.24, 2.45) is 0 Å². The third-order valence-corrected chi connectivity index (χ3v) is 5.87. The van der Waals surface area contributed by atoms with Crippen molar-refractivity contribution in [2.45, 2.75) is 4.34 Å². The van der Waals surface area contributed by atoms with Gasteiger partial charge in [0.15, 0.2) is 15.8 Å². The molecule has 8 nitrogen and oxygen atoms in total. The SMILES string of the molecule is O=C(CSc1nnc(NC(=O)c2cc(-c3ccccc3)on2)s1)Nc1ccccc1F. The Morgan fingerprint density at radius 3 is 2.61 bits per heavy atom. The van der Waals surface area contributed by atoms with Crippen molar-refractivity contribution in [1.29, 1.82) is 0 Å². The van der Waals surface area contributed by atoms with Gasteiger partial charge in [-0.25, -0.2) is 4.39 Å². The number of anilines is 2. The average Bonchev–Trinajstić information content (AvgIpc) is 3.44. The van der Waals surface area contributed by atoms with Gasteiger partial charge in [-0.05, 0) is 12.1 Å². The maximum Gasteiger partial charge on any atom is 0.279 e. The van der Waals surface area contributed by atoms with Crippen molar-refractivity contribution in [1.82, 2.24) is 15.4 Å². The van der Waals surface area contributed by atoms with Crippen LogP contribution in [0.2, 0.25) is 0 Å². The highest BCUT2D eigenvalue weighted by Crippen LogP contribution is 2.26. The van der Waals surface area contributed by atoms with Crippen LogP contribution in [0.1, 0.15) is 10.5 Å². The highest BCUT2D eigenvalue weighted by atomic mass is 32.2. The molecule has 2 N–H and O–H groups in total. The third kappa shape index (κ3) is 5.32. The summed E-state index contributed by atoms with van der Waals surface area (Å²) in [4.78, 5) is 24.4. The first kappa shape index (κ1) is 20.7. The summed E-state index contributed by atoms with van der Waals surface area (Å²) < 4.78 is 19.3. The van der Waals surface area contributed by atoms with Crippen LogP contribution in [0.25, 0.3) is 11.3 Å². The smallest absolute Gasteiger partial charge is 0.279 e. The molecule has 0 saturated carbocycles. The van der Waals surface area contributed by atoms with E-state index in [1.807, 2.05) is 30.3 Å². The van der Waals surface area contributed by atoms with Crippen molar-refractivity contribution < 1.29 is 18.5 Å². The molecule has 0 aliphatic carbocycles. The van der Waals surface area contributed by atoms with Crippen LogP contribution in [-0.4, -0.2) is 32.9 Å². The Bertz CT molecular complexity index is 1210. The number of thioether (sulfide) groups is 1. The van der Waals surface area contributed by atoms with E-state index < -0.39 is 11.7 Å². The highest BCUT2D eigenvalue weighted by Gasteiger charge is 2.16. The van der Waals surface area contributed by atoms with Crippen LogP contribution in [0.4, 0.5) is 15.2 Å². The average molecular weight is 455 g/mol. The molecule has 2 heterocycles. The maximum absolute atomic E-state index is 13.6. The molecule has 4 rings (SSSR count). The summed E-state index contributed by atoms with van der Waals surface area (Å²) in [6, 6.07) is 16.7. The minimum Gasteiger partial charge on any atom is -0.355 e. The molecule has 0 spiro atoms. The number of rotatable bonds is 7. The maximum atomic E-state index is 13.6. The highest BCUT2D eigenvalue weighted by molar-refractivity contribution is 8.01. The van der Waals surface area contributed by atoms with E-state index >= 15 is 0 Å². The molecule has 2 aromatic heterocycles. The summed E-state index contributed by atoms with van der Waals surface area (Å²) in [6.45, 7) is 0. The van der Waals surface area contributed by atoms with Gasteiger partial charge in [0.05, 0.1) is 11.4 Å². The lowest BCUT2D eigenvalue weighted by molar-refractivity contribution is -0.113. The molecule has 2 amide bonds. The van der Waals surface area contributed by atoms with E-state index in [2.05, 4.69) is 26.0 Å². The fraction of sp³-hybridized carbons (Fsp3) is 0.0500. The van der Waals surface area contributed by atoms with E-state index in [4.69, 9.17) is 4.52 Å². The fourth-order valence-corrected chi connectivity index (χ4v) is 4.02. The van der Waals surface area contributed by atoms with E-state index in [0.717, 1.165) is 28.7 Å². The summed E-state index contributed by atoms with van der Waals surface area (Å²) in [5.74, 6) is -0.895.